The average Bonchev–Trinajstić information content (AvgIpc) is 2.67. The molecule has 2 rings (SSSR count). The van der Waals surface area contributed by atoms with Gasteiger partial charge in [-0.1, -0.05) is 0 Å². The molecule has 2 heterocycles. The van der Waals surface area contributed by atoms with Crippen LogP contribution < -0.4 is 10.1 Å². The van der Waals surface area contributed by atoms with Gasteiger partial charge < -0.3 is 10.1 Å². The lowest BCUT2D eigenvalue weighted by atomic mass is 9.91. The summed E-state index contributed by atoms with van der Waals surface area (Å²) in [5, 5.41) is 3.52. The van der Waals surface area contributed by atoms with Gasteiger partial charge in [0.2, 0.25) is 5.88 Å². The van der Waals surface area contributed by atoms with Crippen molar-refractivity contribution in [2.75, 3.05) is 13.7 Å². The molecule has 3 nitrogen and oxygen atoms in total. The number of rotatable bonds is 2. The lowest BCUT2D eigenvalue weighted by Crippen LogP contribution is -2.33. The van der Waals surface area contributed by atoms with E-state index in [9.17, 15) is 0 Å². The van der Waals surface area contributed by atoms with Gasteiger partial charge in [-0.25, -0.2) is 4.98 Å². The molecule has 1 aromatic heterocycles. The van der Waals surface area contributed by atoms with E-state index in [1.165, 1.54) is 18.4 Å². The van der Waals surface area contributed by atoms with E-state index < -0.39 is 0 Å². The van der Waals surface area contributed by atoms with Crippen LogP contribution in [0, 0.1) is 0 Å². The summed E-state index contributed by atoms with van der Waals surface area (Å²) in [6, 6.07) is 4.07. The summed E-state index contributed by atoms with van der Waals surface area (Å²) in [5.74, 6) is 0.692. The van der Waals surface area contributed by atoms with Gasteiger partial charge in [0.25, 0.3) is 0 Å². The van der Waals surface area contributed by atoms with E-state index in [1.54, 1.807) is 13.3 Å². The number of hydrogen-bond acceptors (Lipinski definition) is 3. The van der Waals surface area contributed by atoms with Crippen molar-refractivity contribution in [1.29, 1.82) is 0 Å². The molecule has 1 aliphatic heterocycles. The number of ether oxygens (including phenoxy) is 1. The van der Waals surface area contributed by atoms with Crippen molar-refractivity contribution < 1.29 is 4.74 Å². The molecule has 1 fully saturated rings. The van der Waals surface area contributed by atoms with Gasteiger partial charge in [0, 0.05) is 17.8 Å². The second-order valence-electron chi connectivity index (χ2n) is 3.95. The number of nitrogens with one attached hydrogen (secondary N) is 1. The molecule has 0 amide bonds. The Morgan fingerprint density at radius 1 is 1.57 bits per heavy atom. The first-order chi connectivity index (χ1) is 6.74. The second-order valence-corrected chi connectivity index (χ2v) is 3.95. The van der Waals surface area contributed by atoms with Gasteiger partial charge in [0.15, 0.2) is 0 Å². The van der Waals surface area contributed by atoms with E-state index in [0.717, 1.165) is 6.54 Å². The molecule has 0 aliphatic carbocycles. The molecule has 1 unspecified atom stereocenters. The Morgan fingerprint density at radius 2 is 2.43 bits per heavy atom. The monoisotopic (exact) mass is 192 g/mol. The Morgan fingerprint density at radius 3 is 3.07 bits per heavy atom. The standard InChI is InChI=1S/C11H16N2O/c1-11(5-3-6-13-11)9-4-7-12-10(8-9)14-2/h4,7-8,13H,3,5-6H2,1-2H3. The average molecular weight is 192 g/mol. The van der Waals surface area contributed by atoms with Crippen molar-refractivity contribution in [3.05, 3.63) is 23.9 Å². The summed E-state index contributed by atoms with van der Waals surface area (Å²) >= 11 is 0. The number of nitrogens with zero attached hydrogens (tertiary/aromatic N) is 1. The largest absolute Gasteiger partial charge is 0.481 e. The molecular weight excluding hydrogens is 176 g/mol. The van der Waals surface area contributed by atoms with Crippen LogP contribution in [0.25, 0.3) is 0 Å². The quantitative estimate of drug-likeness (QED) is 0.774. The molecule has 0 aromatic carbocycles. The van der Waals surface area contributed by atoms with Crippen LogP contribution >= 0.6 is 0 Å². The highest BCUT2D eigenvalue weighted by molar-refractivity contribution is 5.28. The molecule has 14 heavy (non-hydrogen) atoms. The number of methoxy groups -OCH3 is 1. The van der Waals surface area contributed by atoms with Gasteiger partial charge in [-0.3, -0.25) is 0 Å². The molecule has 0 radical (unpaired) electrons. The van der Waals surface area contributed by atoms with E-state index in [0.29, 0.717) is 5.88 Å². The fraction of sp³-hybridized carbons (Fsp3) is 0.545. The third kappa shape index (κ3) is 1.60. The summed E-state index contributed by atoms with van der Waals surface area (Å²) in [7, 11) is 1.65. The molecule has 1 atom stereocenters. The van der Waals surface area contributed by atoms with Gasteiger partial charge in [-0.15, -0.1) is 0 Å². The highest BCUT2D eigenvalue weighted by atomic mass is 16.5. The van der Waals surface area contributed by atoms with E-state index in [-0.39, 0.29) is 5.54 Å². The molecule has 0 spiro atoms. The predicted molar refractivity (Wildman–Crippen MR) is 55.4 cm³/mol. The number of aromatic nitrogens is 1. The van der Waals surface area contributed by atoms with Crippen LogP contribution in [-0.4, -0.2) is 18.6 Å². The van der Waals surface area contributed by atoms with Gasteiger partial charge in [-0.05, 0) is 37.9 Å². The molecule has 0 bridgehead atoms. The first-order valence-corrected chi connectivity index (χ1v) is 5.00. The highest BCUT2D eigenvalue weighted by Crippen LogP contribution is 2.31. The first kappa shape index (κ1) is 9.46. The molecule has 1 aromatic rings. The van der Waals surface area contributed by atoms with Crippen LogP contribution in [0.1, 0.15) is 25.3 Å². The van der Waals surface area contributed by atoms with Crippen LogP contribution in [0.15, 0.2) is 18.3 Å². The predicted octanol–water partition coefficient (Wildman–Crippen LogP) is 1.69. The zero-order valence-electron chi connectivity index (χ0n) is 8.71. The SMILES string of the molecule is COc1cc(C2(C)CCCN2)ccn1. The van der Waals surface area contributed by atoms with Crippen LogP contribution in [0.5, 0.6) is 5.88 Å². The molecular formula is C11H16N2O. The molecule has 1 aliphatic rings. The molecule has 1 N–H and O–H groups in total. The second kappa shape index (κ2) is 3.58. The van der Waals surface area contributed by atoms with E-state index >= 15 is 0 Å². The normalized spacial score (nSPS) is 26.4. The summed E-state index contributed by atoms with van der Waals surface area (Å²) in [5.41, 5.74) is 1.37. The number of hydrogen-bond donors (Lipinski definition) is 1. The maximum Gasteiger partial charge on any atom is 0.213 e. The summed E-state index contributed by atoms with van der Waals surface area (Å²) in [4.78, 5) is 4.11. The van der Waals surface area contributed by atoms with E-state index in [4.69, 9.17) is 4.74 Å². The van der Waals surface area contributed by atoms with Gasteiger partial charge in [-0.2, -0.15) is 0 Å². The van der Waals surface area contributed by atoms with E-state index in [2.05, 4.69) is 23.3 Å². The fourth-order valence-electron chi connectivity index (χ4n) is 2.01. The Labute approximate surface area is 84.5 Å². The van der Waals surface area contributed by atoms with Crippen molar-refractivity contribution >= 4 is 0 Å². The van der Waals surface area contributed by atoms with Crippen molar-refractivity contribution in [2.45, 2.75) is 25.3 Å². The number of pyridine rings is 1. The topological polar surface area (TPSA) is 34.1 Å². The third-order valence-electron chi connectivity index (χ3n) is 2.95. The minimum atomic E-state index is 0.107. The Balaban J connectivity index is 2.30. The third-order valence-corrected chi connectivity index (χ3v) is 2.95. The maximum atomic E-state index is 5.12. The fourth-order valence-corrected chi connectivity index (χ4v) is 2.01. The van der Waals surface area contributed by atoms with Crippen molar-refractivity contribution in [1.82, 2.24) is 10.3 Å². The summed E-state index contributed by atoms with van der Waals surface area (Å²) in [6.07, 6.45) is 4.22. The molecule has 0 saturated carbocycles. The molecule has 3 heteroatoms. The van der Waals surface area contributed by atoms with Gasteiger partial charge >= 0.3 is 0 Å². The van der Waals surface area contributed by atoms with Crippen molar-refractivity contribution in [3.8, 4) is 5.88 Å². The van der Waals surface area contributed by atoms with Crippen molar-refractivity contribution in [2.24, 2.45) is 0 Å². The maximum absolute atomic E-state index is 5.12. The smallest absolute Gasteiger partial charge is 0.213 e. The van der Waals surface area contributed by atoms with Crippen LogP contribution in [0.3, 0.4) is 0 Å². The lowest BCUT2D eigenvalue weighted by Gasteiger charge is -2.24. The lowest BCUT2D eigenvalue weighted by molar-refractivity contribution is 0.389. The van der Waals surface area contributed by atoms with Crippen LogP contribution in [-0.2, 0) is 5.54 Å². The van der Waals surface area contributed by atoms with Gasteiger partial charge in [0.05, 0.1) is 7.11 Å². The van der Waals surface area contributed by atoms with Crippen molar-refractivity contribution in [3.63, 3.8) is 0 Å². The zero-order chi connectivity index (χ0) is 10.0. The first-order valence-electron chi connectivity index (χ1n) is 5.00. The minimum Gasteiger partial charge on any atom is -0.481 e. The summed E-state index contributed by atoms with van der Waals surface area (Å²) in [6.45, 7) is 3.33. The highest BCUT2D eigenvalue weighted by Gasteiger charge is 2.30. The Bertz CT molecular complexity index is 319. The minimum absolute atomic E-state index is 0.107. The van der Waals surface area contributed by atoms with Gasteiger partial charge in [0.1, 0.15) is 0 Å². The zero-order valence-corrected chi connectivity index (χ0v) is 8.71. The Hall–Kier alpha value is -1.09. The Kier molecular flexibility index (Phi) is 2.42. The summed E-state index contributed by atoms with van der Waals surface area (Å²) < 4.78 is 5.12. The van der Waals surface area contributed by atoms with E-state index in [1.807, 2.05) is 6.07 Å². The molecule has 76 valence electrons. The molecule has 1 saturated heterocycles. The van der Waals surface area contributed by atoms with Crippen LogP contribution in [0.4, 0.5) is 0 Å². The van der Waals surface area contributed by atoms with Crippen LogP contribution in [0.2, 0.25) is 0 Å².